The molecule has 0 unspecified atom stereocenters. The molecule has 0 atom stereocenters. The van der Waals surface area contributed by atoms with E-state index in [1.54, 1.807) is 0 Å². The van der Waals surface area contributed by atoms with Crippen molar-refractivity contribution in [1.29, 1.82) is 0 Å². The minimum Gasteiger partial charge on any atom is -0.481 e. The van der Waals surface area contributed by atoms with E-state index in [9.17, 15) is 9.59 Å². The third kappa shape index (κ3) is 4.23. The summed E-state index contributed by atoms with van der Waals surface area (Å²) in [6.45, 7) is 3.89. The molecule has 152 valence electrons. The van der Waals surface area contributed by atoms with Gasteiger partial charge in [0.15, 0.2) is 0 Å². The molecule has 28 heavy (non-hydrogen) atoms. The molecular formula is C21H30N4O3. The lowest BCUT2D eigenvalue weighted by atomic mass is 9.92. The lowest BCUT2D eigenvalue weighted by Crippen LogP contribution is -2.49. The van der Waals surface area contributed by atoms with Gasteiger partial charge in [0.2, 0.25) is 0 Å². The summed E-state index contributed by atoms with van der Waals surface area (Å²) in [4.78, 5) is 32.4. The van der Waals surface area contributed by atoms with E-state index in [1.165, 1.54) is 12.0 Å². The zero-order valence-electron chi connectivity index (χ0n) is 16.4. The van der Waals surface area contributed by atoms with E-state index in [0.717, 1.165) is 63.3 Å². The summed E-state index contributed by atoms with van der Waals surface area (Å²) >= 11 is 0. The molecular weight excluding hydrogens is 356 g/mol. The number of anilines is 1. The molecule has 4 heterocycles. The second-order valence-electron chi connectivity index (χ2n) is 8.35. The molecule has 3 aliphatic rings. The first-order chi connectivity index (χ1) is 13.6. The van der Waals surface area contributed by atoms with E-state index in [2.05, 4.69) is 17.4 Å². The van der Waals surface area contributed by atoms with E-state index < -0.39 is 5.97 Å². The summed E-state index contributed by atoms with van der Waals surface area (Å²) in [5.41, 5.74) is 2.46. The van der Waals surface area contributed by atoms with Crippen molar-refractivity contribution in [2.75, 3.05) is 38.0 Å². The molecule has 4 rings (SSSR count). The van der Waals surface area contributed by atoms with Crippen molar-refractivity contribution >= 4 is 17.8 Å². The molecule has 2 saturated heterocycles. The summed E-state index contributed by atoms with van der Waals surface area (Å²) < 4.78 is 0. The summed E-state index contributed by atoms with van der Waals surface area (Å²) in [5.74, 6) is 0.930. The first kappa shape index (κ1) is 19.0. The van der Waals surface area contributed by atoms with Crippen LogP contribution in [0.25, 0.3) is 0 Å². The predicted molar refractivity (Wildman–Crippen MR) is 107 cm³/mol. The molecule has 0 radical (unpaired) electrons. The molecule has 0 spiro atoms. The van der Waals surface area contributed by atoms with Crippen LogP contribution in [0.2, 0.25) is 0 Å². The Bertz CT molecular complexity index is 722. The first-order valence-electron chi connectivity index (χ1n) is 10.6. The Morgan fingerprint density at radius 1 is 1.07 bits per heavy atom. The van der Waals surface area contributed by atoms with Crippen molar-refractivity contribution < 1.29 is 14.7 Å². The van der Waals surface area contributed by atoms with Crippen molar-refractivity contribution in [2.45, 2.75) is 50.9 Å². The van der Waals surface area contributed by atoms with Crippen molar-refractivity contribution in [1.82, 2.24) is 14.8 Å². The van der Waals surface area contributed by atoms with Crippen LogP contribution in [0.5, 0.6) is 0 Å². The average Bonchev–Trinajstić information content (AvgIpc) is 2.73. The summed E-state index contributed by atoms with van der Waals surface area (Å²) in [5, 5.41) is 12.3. The quantitative estimate of drug-likeness (QED) is 0.834. The fourth-order valence-corrected chi connectivity index (χ4v) is 4.71. The van der Waals surface area contributed by atoms with Crippen LogP contribution in [0, 0.1) is 5.92 Å². The number of carboxylic acids is 1. The van der Waals surface area contributed by atoms with E-state index in [4.69, 9.17) is 10.1 Å². The van der Waals surface area contributed by atoms with Gasteiger partial charge in [-0.3, -0.25) is 4.79 Å². The number of pyridine rings is 1. The molecule has 3 aliphatic heterocycles. The zero-order valence-corrected chi connectivity index (χ0v) is 16.4. The highest BCUT2D eigenvalue weighted by molar-refractivity contribution is 5.74. The maximum absolute atomic E-state index is 12.8. The number of carbonyl (C=O) groups excluding carboxylic acids is 1. The Balaban J connectivity index is 1.28. The largest absolute Gasteiger partial charge is 0.481 e. The normalized spacial score (nSPS) is 21.1. The Morgan fingerprint density at radius 3 is 2.43 bits per heavy atom. The van der Waals surface area contributed by atoms with Gasteiger partial charge in [-0.05, 0) is 56.1 Å². The van der Waals surface area contributed by atoms with Crippen LogP contribution in [0.1, 0.15) is 55.7 Å². The number of nitrogens with one attached hydrogen (secondary N) is 1. The Kier molecular flexibility index (Phi) is 5.69. The molecule has 7 nitrogen and oxygen atoms in total. The number of urea groups is 1. The topological polar surface area (TPSA) is 85.8 Å². The molecule has 1 aromatic rings. The molecule has 0 saturated carbocycles. The number of hydrogen-bond acceptors (Lipinski definition) is 4. The van der Waals surface area contributed by atoms with E-state index in [1.807, 2.05) is 9.80 Å². The van der Waals surface area contributed by atoms with Gasteiger partial charge in [0, 0.05) is 50.8 Å². The smallest absolute Gasteiger partial charge is 0.319 e. The third-order valence-electron chi connectivity index (χ3n) is 6.45. The molecule has 0 aromatic carbocycles. The number of aryl methyl sites for hydroxylation is 1. The highest BCUT2D eigenvalue weighted by atomic mass is 16.4. The van der Waals surface area contributed by atoms with Crippen molar-refractivity contribution in [3.63, 3.8) is 0 Å². The second-order valence-corrected chi connectivity index (χ2v) is 8.35. The minimum atomic E-state index is -0.738. The zero-order chi connectivity index (χ0) is 19.5. The van der Waals surface area contributed by atoms with Crippen LogP contribution in [0.4, 0.5) is 10.6 Å². The number of carboxylic acid groups (broad SMARTS) is 1. The van der Waals surface area contributed by atoms with E-state index >= 15 is 0 Å². The number of nitrogens with zero attached hydrogens (tertiary/aromatic N) is 3. The molecule has 2 N–H and O–H groups in total. The Morgan fingerprint density at radius 2 is 1.75 bits per heavy atom. The fourth-order valence-electron chi connectivity index (χ4n) is 4.71. The lowest BCUT2D eigenvalue weighted by molar-refractivity contribution is -0.138. The minimum absolute atomic E-state index is 0.118. The van der Waals surface area contributed by atoms with E-state index in [-0.39, 0.29) is 18.4 Å². The molecule has 2 amide bonds. The third-order valence-corrected chi connectivity index (χ3v) is 6.45. The number of hydrogen-bond donors (Lipinski definition) is 2. The van der Waals surface area contributed by atoms with Gasteiger partial charge in [-0.2, -0.15) is 0 Å². The fraction of sp³-hybridized carbons (Fsp3) is 0.667. The summed E-state index contributed by atoms with van der Waals surface area (Å²) in [6, 6.07) is 4.50. The van der Waals surface area contributed by atoms with E-state index in [0.29, 0.717) is 19.0 Å². The average molecular weight is 386 g/mol. The second kappa shape index (κ2) is 8.37. The first-order valence-corrected chi connectivity index (χ1v) is 10.6. The van der Waals surface area contributed by atoms with Crippen molar-refractivity contribution in [2.24, 2.45) is 5.92 Å². The van der Waals surface area contributed by atoms with Crippen molar-refractivity contribution in [3.8, 4) is 0 Å². The number of piperidine rings is 2. The highest BCUT2D eigenvalue weighted by Crippen LogP contribution is 2.30. The van der Waals surface area contributed by atoms with Crippen LogP contribution in [0.15, 0.2) is 12.1 Å². The number of aliphatic carboxylic acids is 1. The number of carbonyl (C=O) groups is 2. The van der Waals surface area contributed by atoms with Gasteiger partial charge in [0.1, 0.15) is 5.82 Å². The van der Waals surface area contributed by atoms with Gasteiger partial charge >= 0.3 is 12.0 Å². The lowest BCUT2D eigenvalue weighted by Gasteiger charge is -2.38. The number of aromatic nitrogens is 1. The monoisotopic (exact) mass is 386 g/mol. The van der Waals surface area contributed by atoms with Crippen LogP contribution in [-0.4, -0.2) is 64.6 Å². The molecule has 1 aromatic heterocycles. The maximum atomic E-state index is 12.8. The summed E-state index contributed by atoms with van der Waals surface area (Å²) in [7, 11) is 0. The predicted octanol–water partition coefficient (Wildman–Crippen LogP) is 2.93. The Labute approximate surface area is 166 Å². The molecule has 0 bridgehead atoms. The number of rotatable bonds is 3. The SMILES string of the molecule is O=C(O)CC1CCN(C(=O)N2CCC(c3ccc4c(n3)NCCC4)CC2)CC1. The maximum Gasteiger partial charge on any atom is 0.319 e. The van der Waals surface area contributed by atoms with Crippen LogP contribution >= 0.6 is 0 Å². The highest BCUT2D eigenvalue weighted by Gasteiger charge is 2.30. The van der Waals surface area contributed by atoms with Crippen LogP contribution in [-0.2, 0) is 11.2 Å². The molecule has 0 aliphatic carbocycles. The molecule has 7 heteroatoms. The van der Waals surface area contributed by atoms with Gasteiger partial charge in [0.05, 0.1) is 0 Å². The van der Waals surface area contributed by atoms with Gasteiger partial charge in [-0.15, -0.1) is 0 Å². The summed E-state index contributed by atoms with van der Waals surface area (Å²) in [6.07, 6.45) is 5.98. The van der Waals surface area contributed by atoms with Gasteiger partial charge in [-0.1, -0.05) is 6.07 Å². The van der Waals surface area contributed by atoms with Crippen molar-refractivity contribution in [3.05, 3.63) is 23.4 Å². The number of likely N-dealkylation sites (tertiary alicyclic amines) is 2. The van der Waals surface area contributed by atoms with Gasteiger partial charge < -0.3 is 20.2 Å². The van der Waals surface area contributed by atoms with Crippen LogP contribution < -0.4 is 5.32 Å². The van der Waals surface area contributed by atoms with Gasteiger partial charge in [-0.25, -0.2) is 9.78 Å². The number of amides is 2. The Hall–Kier alpha value is -2.31. The molecule has 2 fully saturated rings. The van der Waals surface area contributed by atoms with Crippen LogP contribution in [0.3, 0.4) is 0 Å². The standard InChI is InChI=1S/C21H30N4O3/c26-19(27)14-15-5-10-24(11-6-15)21(28)25-12-7-16(8-13-25)18-4-3-17-2-1-9-22-20(17)23-18/h3-4,15-16H,1-2,5-14H2,(H,22,23)(H,26,27). The number of fused-ring (bicyclic) bond motifs is 1. The van der Waals surface area contributed by atoms with Gasteiger partial charge in [0.25, 0.3) is 0 Å².